The number of nitrogens with one attached hydrogen (secondary N) is 2. The Morgan fingerprint density at radius 2 is 1.68 bits per heavy atom. The Kier molecular flexibility index (Phi) is 9.26. The van der Waals surface area contributed by atoms with Gasteiger partial charge in [0.15, 0.2) is 0 Å². The van der Waals surface area contributed by atoms with E-state index in [9.17, 15) is 9.59 Å². The van der Waals surface area contributed by atoms with E-state index in [1.54, 1.807) is 22.9 Å². The van der Waals surface area contributed by atoms with Crippen molar-refractivity contribution in [2.75, 3.05) is 23.7 Å². The highest BCUT2D eigenvalue weighted by Crippen LogP contribution is 2.30. The molecule has 9 heteroatoms. The number of rotatable bonds is 8. The van der Waals surface area contributed by atoms with Crippen LogP contribution in [0.3, 0.4) is 0 Å². The van der Waals surface area contributed by atoms with Crippen molar-refractivity contribution in [3.05, 3.63) is 69.8 Å². The second kappa shape index (κ2) is 12.0. The van der Waals surface area contributed by atoms with E-state index in [2.05, 4.69) is 45.3 Å². The maximum Gasteiger partial charge on any atom is 0.322 e. The number of carbonyl (C=O) groups is 2. The molecule has 0 aliphatic carbocycles. The van der Waals surface area contributed by atoms with Crippen molar-refractivity contribution in [3.63, 3.8) is 0 Å². The molecule has 2 aromatic carbocycles. The van der Waals surface area contributed by atoms with Crippen LogP contribution in [0.4, 0.5) is 16.3 Å². The van der Waals surface area contributed by atoms with Gasteiger partial charge in [-0.1, -0.05) is 82.1 Å². The Bertz CT molecular complexity index is 1240. The van der Waals surface area contributed by atoms with Gasteiger partial charge in [-0.3, -0.25) is 4.79 Å². The second-order valence-electron chi connectivity index (χ2n) is 10.5. The summed E-state index contributed by atoms with van der Waals surface area (Å²) in [4.78, 5) is 27.9. The average molecular weight is 545 g/mol. The van der Waals surface area contributed by atoms with Crippen LogP contribution in [0.15, 0.2) is 48.5 Å². The smallest absolute Gasteiger partial charge is 0.315 e. The maximum atomic E-state index is 13.3. The molecule has 0 atom stereocenters. The summed E-state index contributed by atoms with van der Waals surface area (Å²) in [7, 11) is 0. The van der Waals surface area contributed by atoms with Gasteiger partial charge in [0, 0.05) is 18.0 Å². The number of anilines is 2. The number of hydrogen-bond acceptors (Lipinski definition) is 3. The van der Waals surface area contributed by atoms with Crippen LogP contribution in [0, 0.1) is 12.8 Å². The number of para-hydroxylation sites is 2. The number of amides is 3. The first-order valence-corrected chi connectivity index (χ1v) is 13.1. The fourth-order valence-corrected chi connectivity index (χ4v) is 4.14. The minimum atomic E-state index is -0.450. The average Bonchev–Trinajstić information content (AvgIpc) is 3.23. The third-order valence-electron chi connectivity index (χ3n) is 5.88. The molecule has 0 saturated carbocycles. The van der Waals surface area contributed by atoms with E-state index in [0.29, 0.717) is 34.0 Å². The highest BCUT2D eigenvalue weighted by molar-refractivity contribution is 6.39. The van der Waals surface area contributed by atoms with Crippen LogP contribution in [0.5, 0.6) is 0 Å². The number of nitrogens with zero attached hydrogens (tertiary/aromatic N) is 3. The minimum absolute atomic E-state index is 0.148. The van der Waals surface area contributed by atoms with Crippen LogP contribution in [0.25, 0.3) is 5.69 Å². The fraction of sp³-hybridized carbons (Fsp3) is 0.393. The van der Waals surface area contributed by atoms with Gasteiger partial charge >= 0.3 is 6.03 Å². The lowest BCUT2D eigenvalue weighted by atomic mass is 9.92. The van der Waals surface area contributed by atoms with Crippen molar-refractivity contribution in [3.8, 4) is 5.69 Å². The molecule has 3 aromatic rings. The summed E-state index contributed by atoms with van der Waals surface area (Å²) in [6, 6.07) is 14.3. The molecule has 0 aliphatic rings. The van der Waals surface area contributed by atoms with Crippen LogP contribution in [0.2, 0.25) is 10.0 Å². The van der Waals surface area contributed by atoms with E-state index in [1.807, 2.05) is 37.3 Å². The van der Waals surface area contributed by atoms with E-state index in [1.165, 1.54) is 4.90 Å². The topological polar surface area (TPSA) is 79.3 Å². The number of aromatic nitrogens is 2. The van der Waals surface area contributed by atoms with Crippen LogP contribution >= 0.6 is 23.2 Å². The highest BCUT2D eigenvalue weighted by Gasteiger charge is 2.24. The number of carbonyl (C=O) groups excluding carboxylic acids is 2. The van der Waals surface area contributed by atoms with Crippen molar-refractivity contribution in [2.45, 2.75) is 53.4 Å². The van der Waals surface area contributed by atoms with E-state index in [-0.39, 0.29) is 17.9 Å². The van der Waals surface area contributed by atoms with Gasteiger partial charge in [0.05, 0.1) is 27.1 Å². The lowest BCUT2D eigenvalue weighted by Gasteiger charge is -2.24. The Balaban J connectivity index is 1.85. The number of aryl methyl sites for hydroxylation is 1. The molecule has 198 valence electrons. The lowest BCUT2D eigenvalue weighted by molar-refractivity contribution is -0.116. The normalized spacial score (nSPS) is 11.5. The summed E-state index contributed by atoms with van der Waals surface area (Å²) < 4.78 is 1.75. The number of benzene rings is 2. The molecule has 7 nitrogen and oxygen atoms in total. The first-order chi connectivity index (χ1) is 17.4. The Morgan fingerprint density at radius 3 is 2.27 bits per heavy atom. The summed E-state index contributed by atoms with van der Waals surface area (Å²) >= 11 is 12.5. The number of halogens is 2. The van der Waals surface area contributed by atoms with Gasteiger partial charge in [-0.05, 0) is 43.0 Å². The van der Waals surface area contributed by atoms with E-state index in [4.69, 9.17) is 28.3 Å². The van der Waals surface area contributed by atoms with Crippen LogP contribution in [0.1, 0.15) is 52.3 Å². The zero-order valence-corrected chi connectivity index (χ0v) is 23.7. The zero-order valence-electron chi connectivity index (χ0n) is 22.2. The number of hydrogen-bond donors (Lipinski definition) is 2. The van der Waals surface area contributed by atoms with Gasteiger partial charge in [0.25, 0.3) is 0 Å². The highest BCUT2D eigenvalue weighted by atomic mass is 35.5. The molecule has 3 amide bonds. The fourth-order valence-electron chi connectivity index (χ4n) is 3.65. The molecule has 0 fully saturated rings. The first kappa shape index (κ1) is 28.5. The van der Waals surface area contributed by atoms with Crippen molar-refractivity contribution in [1.29, 1.82) is 0 Å². The molecule has 0 saturated heterocycles. The first-order valence-electron chi connectivity index (χ1n) is 12.3. The summed E-state index contributed by atoms with van der Waals surface area (Å²) in [5.74, 6) is 0.557. The molecule has 2 N–H and O–H groups in total. The maximum absolute atomic E-state index is 13.3. The van der Waals surface area contributed by atoms with Crippen LogP contribution in [-0.2, 0) is 10.2 Å². The third kappa shape index (κ3) is 7.49. The Morgan fingerprint density at radius 1 is 1.03 bits per heavy atom. The SMILES string of the molecule is Cc1ccccc1-n1nc(C(C)(C)C)cc1NC(=O)CN(CCC(C)C)C(=O)Nc1c(Cl)cccc1Cl. The molecule has 1 heterocycles. The van der Waals surface area contributed by atoms with E-state index in [0.717, 1.165) is 23.4 Å². The van der Waals surface area contributed by atoms with Crippen molar-refractivity contribution in [1.82, 2.24) is 14.7 Å². The quantitative estimate of drug-likeness (QED) is 0.312. The monoisotopic (exact) mass is 543 g/mol. The second-order valence-corrected chi connectivity index (χ2v) is 11.4. The largest absolute Gasteiger partial charge is 0.322 e. The summed E-state index contributed by atoms with van der Waals surface area (Å²) in [6.07, 6.45) is 0.728. The van der Waals surface area contributed by atoms with Gasteiger partial charge in [-0.15, -0.1) is 0 Å². The zero-order chi connectivity index (χ0) is 27.3. The van der Waals surface area contributed by atoms with Gasteiger partial charge in [0.2, 0.25) is 5.91 Å². The summed E-state index contributed by atoms with van der Waals surface area (Å²) in [5, 5.41) is 11.2. The van der Waals surface area contributed by atoms with Crippen LogP contribution in [-0.4, -0.2) is 39.7 Å². The van der Waals surface area contributed by atoms with Gasteiger partial charge in [0.1, 0.15) is 12.4 Å². The molecule has 1 aromatic heterocycles. The molecule has 0 aliphatic heterocycles. The molecular weight excluding hydrogens is 509 g/mol. The number of urea groups is 1. The van der Waals surface area contributed by atoms with E-state index >= 15 is 0 Å². The molecule has 0 unspecified atom stereocenters. The Labute approximate surface area is 229 Å². The standard InChI is InChI=1S/C28H35Cl2N5O2/c1-18(2)14-15-34(27(37)32-26-20(29)11-9-12-21(26)30)17-25(36)31-24-16-23(28(4,5)6)33-35(24)22-13-8-7-10-19(22)3/h7-13,16,18H,14-15,17H2,1-6H3,(H,31,36)(H,32,37). The predicted molar refractivity (Wildman–Crippen MR) is 152 cm³/mol. The van der Waals surface area contributed by atoms with Gasteiger partial charge in [-0.2, -0.15) is 5.10 Å². The van der Waals surface area contributed by atoms with Gasteiger partial charge < -0.3 is 15.5 Å². The van der Waals surface area contributed by atoms with E-state index < -0.39 is 6.03 Å². The van der Waals surface area contributed by atoms with Gasteiger partial charge in [-0.25, -0.2) is 9.48 Å². The molecule has 3 rings (SSSR count). The molecular formula is C28H35Cl2N5O2. The molecule has 0 radical (unpaired) electrons. The molecule has 37 heavy (non-hydrogen) atoms. The Hall–Kier alpha value is -3.03. The molecule has 0 spiro atoms. The lowest BCUT2D eigenvalue weighted by Crippen LogP contribution is -2.41. The third-order valence-corrected chi connectivity index (χ3v) is 6.51. The summed E-state index contributed by atoms with van der Waals surface area (Å²) in [5.41, 5.74) is 2.84. The van der Waals surface area contributed by atoms with Crippen molar-refractivity contribution >= 4 is 46.6 Å². The van der Waals surface area contributed by atoms with Crippen molar-refractivity contribution < 1.29 is 9.59 Å². The van der Waals surface area contributed by atoms with Crippen LogP contribution < -0.4 is 10.6 Å². The van der Waals surface area contributed by atoms with Crippen molar-refractivity contribution in [2.24, 2.45) is 5.92 Å². The predicted octanol–water partition coefficient (Wildman–Crippen LogP) is 7.30. The molecule has 0 bridgehead atoms. The minimum Gasteiger partial charge on any atom is -0.315 e. The summed E-state index contributed by atoms with van der Waals surface area (Å²) in [6.45, 7) is 12.6.